The topological polar surface area (TPSA) is 64.3 Å². The number of rotatable bonds is 5. The number of hydrogen-bond donors (Lipinski definition) is 2. The molecule has 0 saturated carbocycles. The lowest BCUT2D eigenvalue weighted by Crippen LogP contribution is -2.47. The van der Waals surface area contributed by atoms with Gasteiger partial charge in [-0.15, -0.1) is 11.3 Å². The first kappa shape index (κ1) is 20.9. The second kappa shape index (κ2) is 8.86. The number of benzene rings is 2. The zero-order valence-corrected chi connectivity index (χ0v) is 19.2. The van der Waals surface area contributed by atoms with Crippen LogP contribution < -0.4 is 5.32 Å². The van der Waals surface area contributed by atoms with Gasteiger partial charge >= 0.3 is 0 Å². The number of carbonyl (C=O) groups is 1. The molecule has 1 fully saturated rings. The Labute approximate surface area is 191 Å². The van der Waals surface area contributed by atoms with Gasteiger partial charge in [-0.2, -0.15) is 0 Å². The van der Waals surface area contributed by atoms with Crippen molar-refractivity contribution in [1.82, 2.24) is 19.8 Å². The molecule has 4 aromatic rings. The van der Waals surface area contributed by atoms with Crippen LogP contribution in [0.1, 0.15) is 5.56 Å². The summed E-state index contributed by atoms with van der Waals surface area (Å²) in [7, 11) is 2.12. The molecule has 0 radical (unpaired) electrons. The number of para-hydroxylation sites is 1. The third-order valence-electron chi connectivity index (χ3n) is 5.97. The molecule has 2 aromatic heterocycles. The van der Waals surface area contributed by atoms with E-state index in [1.165, 1.54) is 10.4 Å². The summed E-state index contributed by atoms with van der Waals surface area (Å²) in [5, 5.41) is 3.02. The Morgan fingerprint density at radius 3 is 2.53 bits per heavy atom. The Morgan fingerprint density at radius 1 is 1.03 bits per heavy atom. The molecule has 2 N–H and O–H groups in total. The molecular weight excluding hydrogens is 418 g/mol. The minimum atomic E-state index is 0.0425. The average Bonchev–Trinajstić information content (AvgIpc) is 3.44. The fourth-order valence-electron chi connectivity index (χ4n) is 4.04. The predicted octanol–water partition coefficient (Wildman–Crippen LogP) is 4.45. The van der Waals surface area contributed by atoms with Crippen LogP contribution in [0.25, 0.3) is 32.2 Å². The quantitative estimate of drug-likeness (QED) is 0.476. The van der Waals surface area contributed by atoms with Crippen LogP contribution in [0.2, 0.25) is 0 Å². The van der Waals surface area contributed by atoms with Gasteiger partial charge in [-0.3, -0.25) is 9.69 Å². The molecule has 164 valence electrons. The van der Waals surface area contributed by atoms with E-state index >= 15 is 0 Å². The monoisotopic (exact) mass is 445 g/mol. The number of nitrogens with one attached hydrogen (secondary N) is 2. The molecule has 5 rings (SSSR count). The lowest BCUT2D eigenvalue weighted by Gasteiger charge is -2.31. The zero-order valence-electron chi connectivity index (χ0n) is 18.4. The summed E-state index contributed by atoms with van der Waals surface area (Å²) in [5.41, 5.74) is 5.22. The number of aromatic amines is 1. The predicted molar refractivity (Wildman–Crippen MR) is 132 cm³/mol. The third-order valence-corrected chi connectivity index (χ3v) is 7.11. The number of anilines is 1. The number of H-pyrrole nitrogens is 1. The van der Waals surface area contributed by atoms with Gasteiger partial charge in [-0.05, 0) is 55.4 Å². The number of fused-ring (bicyclic) bond motifs is 1. The van der Waals surface area contributed by atoms with E-state index in [2.05, 4.69) is 70.5 Å². The maximum Gasteiger partial charge on any atom is 0.238 e. The van der Waals surface area contributed by atoms with Crippen molar-refractivity contribution >= 4 is 34.0 Å². The van der Waals surface area contributed by atoms with Gasteiger partial charge in [-0.1, -0.05) is 24.3 Å². The Kier molecular flexibility index (Phi) is 5.78. The summed E-state index contributed by atoms with van der Waals surface area (Å²) in [6.07, 6.45) is 0. The Hall–Kier alpha value is -3.00. The van der Waals surface area contributed by atoms with Gasteiger partial charge in [-0.25, -0.2) is 4.98 Å². The van der Waals surface area contributed by atoms with Crippen LogP contribution in [0.4, 0.5) is 5.69 Å². The molecule has 0 bridgehead atoms. The van der Waals surface area contributed by atoms with Crippen LogP contribution in [0.5, 0.6) is 0 Å². The van der Waals surface area contributed by atoms with E-state index in [9.17, 15) is 4.79 Å². The number of likely N-dealkylation sites (N-methyl/N-ethyl adjacent to an activating group) is 1. The van der Waals surface area contributed by atoms with E-state index in [0.717, 1.165) is 59.2 Å². The molecule has 0 unspecified atom stereocenters. The minimum Gasteiger partial charge on any atom is -0.337 e. The fourth-order valence-corrected chi connectivity index (χ4v) is 5.00. The van der Waals surface area contributed by atoms with Crippen molar-refractivity contribution in [3.63, 3.8) is 0 Å². The first-order valence-electron chi connectivity index (χ1n) is 10.9. The molecule has 0 aliphatic carbocycles. The standard InChI is InChI=1S/C25H27N5OS/c1-17-4-3-5-20-24(17)28-25(27-20)22-11-10-21(32-22)18-6-8-19(9-7-18)26-23(31)16-30-14-12-29(2)13-15-30/h3-11H,12-16H2,1-2H3,(H,26,31)(H,27,28). The van der Waals surface area contributed by atoms with Crippen LogP contribution in [0.15, 0.2) is 54.6 Å². The normalized spacial score (nSPS) is 15.3. The van der Waals surface area contributed by atoms with Gasteiger partial charge in [0.25, 0.3) is 0 Å². The van der Waals surface area contributed by atoms with Gasteiger partial charge in [0, 0.05) is 36.7 Å². The van der Waals surface area contributed by atoms with Crippen molar-refractivity contribution in [2.24, 2.45) is 0 Å². The van der Waals surface area contributed by atoms with E-state index < -0.39 is 0 Å². The number of amides is 1. The van der Waals surface area contributed by atoms with E-state index in [-0.39, 0.29) is 5.91 Å². The SMILES string of the molecule is Cc1cccc2[nH]c(-c3ccc(-c4ccc(NC(=O)CN5CCN(C)CC5)cc4)s3)nc12. The largest absolute Gasteiger partial charge is 0.337 e. The lowest BCUT2D eigenvalue weighted by molar-refractivity contribution is -0.117. The van der Waals surface area contributed by atoms with Gasteiger partial charge in [0.15, 0.2) is 0 Å². The van der Waals surface area contributed by atoms with Crippen molar-refractivity contribution < 1.29 is 4.79 Å². The van der Waals surface area contributed by atoms with Crippen molar-refractivity contribution in [2.45, 2.75) is 6.92 Å². The first-order chi connectivity index (χ1) is 15.5. The Balaban J connectivity index is 1.25. The van der Waals surface area contributed by atoms with Crippen LogP contribution in [-0.2, 0) is 4.79 Å². The highest BCUT2D eigenvalue weighted by atomic mass is 32.1. The van der Waals surface area contributed by atoms with E-state index in [1.807, 2.05) is 18.2 Å². The Bertz CT molecular complexity index is 1230. The molecule has 1 saturated heterocycles. The van der Waals surface area contributed by atoms with Gasteiger partial charge in [0.1, 0.15) is 5.82 Å². The average molecular weight is 446 g/mol. The smallest absolute Gasteiger partial charge is 0.238 e. The van der Waals surface area contributed by atoms with Crippen LogP contribution in [0, 0.1) is 6.92 Å². The molecule has 1 amide bonds. The van der Waals surface area contributed by atoms with Gasteiger partial charge < -0.3 is 15.2 Å². The molecule has 1 aliphatic rings. The first-order valence-corrected chi connectivity index (χ1v) is 11.7. The summed E-state index contributed by atoms with van der Waals surface area (Å²) < 4.78 is 0. The highest BCUT2D eigenvalue weighted by Gasteiger charge is 2.16. The highest BCUT2D eigenvalue weighted by Crippen LogP contribution is 2.34. The summed E-state index contributed by atoms with van der Waals surface area (Å²) in [5.74, 6) is 0.944. The maximum atomic E-state index is 12.4. The molecule has 3 heterocycles. The number of nitrogens with zero attached hydrogens (tertiary/aromatic N) is 3. The number of aryl methyl sites for hydroxylation is 1. The number of hydrogen-bond acceptors (Lipinski definition) is 5. The molecule has 7 heteroatoms. The number of imidazole rings is 1. The minimum absolute atomic E-state index is 0.0425. The van der Waals surface area contributed by atoms with E-state index in [4.69, 9.17) is 4.98 Å². The van der Waals surface area contributed by atoms with Gasteiger partial charge in [0.2, 0.25) is 5.91 Å². The van der Waals surface area contributed by atoms with Crippen molar-refractivity contribution in [1.29, 1.82) is 0 Å². The summed E-state index contributed by atoms with van der Waals surface area (Å²) in [6, 6.07) is 18.5. The van der Waals surface area contributed by atoms with Crippen molar-refractivity contribution in [2.75, 3.05) is 45.1 Å². The fraction of sp³-hybridized carbons (Fsp3) is 0.280. The van der Waals surface area contributed by atoms with Crippen LogP contribution >= 0.6 is 11.3 Å². The molecule has 0 atom stereocenters. The second-order valence-corrected chi connectivity index (χ2v) is 9.51. The maximum absolute atomic E-state index is 12.4. The molecule has 0 spiro atoms. The third kappa shape index (κ3) is 4.46. The second-order valence-electron chi connectivity index (χ2n) is 8.43. The van der Waals surface area contributed by atoms with Crippen molar-refractivity contribution in [3.05, 3.63) is 60.2 Å². The molecule has 6 nitrogen and oxygen atoms in total. The van der Waals surface area contributed by atoms with Gasteiger partial charge in [0.05, 0.1) is 22.5 Å². The highest BCUT2D eigenvalue weighted by molar-refractivity contribution is 7.18. The summed E-state index contributed by atoms with van der Waals surface area (Å²) >= 11 is 1.71. The van der Waals surface area contributed by atoms with E-state index in [1.54, 1.807) is 11.3 Å². The summed E-state index contributed by atoms with van der Waals surface area (Å²) in [6.45, 7) is 6.43. The number of thiophene rings is 1. The number of carbonyl (C=O) groups excluding carboxylic acids is 1. The lowest BCUT2D eigenvalue weighted by atomic mass is 10.1. The molecular formula is C25H27N5OS. The molecule has 2 aromatic carbocycles. The zero-order chi connectivity index (χ0) is 22.1. The van der Waals surface area contributed by atoms with E-state index in [0.29, 0.717) is 6.54 Å². The van der Waals surface area contributed by atoms with Crippen molar-refractivity contribution in [3.8, 4) is 21.1 Å². The number of piperazine rings is 1. The molecule has 32 heavy (non-hydrogen) atoms. The Morgan fingerprint density at radius 2 is 1.78 bits per heavy atom. The van der Waals surface area contributed by atoms with Crippen LogP contribution in [0.3, 0.4) is 0 Å². The number of aromatic nitrogens is 2. The molecule has 1 aliphatic heterocycles. The van der Waals surface area contributed by atoms with Crippen LogP contribution in [-0.4, -0.2) is 65.4 Å². The summed E-state index contributed by atoms with van der Waals surface area (Å²) in [4.78, 5) is 27.4.